The van der Waals surface area contributed by atoms with Gasteiger partial charge in [-0.25, -0.2) is 8.42 Å². The molecule has 1 aliphatic carbocycles. The smallest absolute Gasteiger partial charge is 0.243 e. The summed E-state index contributed by atoms with van der Waals surface area (Å²) in [5.74, 6) is -0.0315. The maximum Gasteiger partial charge on any atom is 0.243 e. The summed E-state index contributed by atoms with van der Waals surface area (Å²) in [5.41, 5.74) is 0.473. The monoisotopic (exact) mass is 309 g/mol. The van der Waals surface area contributed by atoms with Gasteiger partial charge in [-0.1, -0.05) is 38.8 Å². The first-order chi connectivity index (χ1) is 10.0. The minimum Gasteiger partial charge on any atom is -0.294 e. The molecule has 2 rings (SSSR count). The van der Waals surface area contributed by atoms with Crippen LogP contribution >= 0.6 is 0 Å². The molecule has 1 fully saturated rings. The highest BCUT2D eigenvalue weighted by Gasteiger charge is 2.32. The number of nitrogens with zero attached hydrogens (tertiary/aromatic N) is 1. The maximum absolute atomic E-state index is 12.8. The lowest BCUT2D eigenvalue weighted by Crippen LogP contribution is -2.38. The molecular formula is C16H23NO3S. The molecule has 1 saturated carbocycles. The van der Waals surface area contributed by atoms with E-state index >= 15 is 0 Å². The number of carbonyl (C=O) groups excluding carboxylic acids is 1. The van der Waals surface area contributed by atoms with Crippen LogP contribution in [-0.2, 0) is 10.0 Å². The average Bonchev–Trinajstić information content (AvgIpc) is 3.01. The van der Waals surface area contributed by atoms with E-state index in [1.807, 2.05) is 6.92 Å². The van der Waals surface area contributed by atoms with Crippen LogP contribution in [0, 0.1) is 0 Å². The molecule has 0 spiro atoms. The molecule has 0 N–H and O–H groups in total. The molecule has 4 nitrogen and oxygen atoms in total. The highest BCUT2D eigenvalue weighted by atomic mass is 32.2. The first-order valence-electron chi connectivity index (χ1n) is 7.65. The topological polar surface area (TPSA) is 54.5 Å². The summed E-state index contributed by atoms with van der Waals surface area (Å²) < 4.78 is 27.2. The fourth-order valence-corrected chi connectivity index (χ4v) is 4.73. The van der Waals surface area contributed by atoms with Crippen LogP contribution in [0.3, 0.4) is 0 Å². The summed E-state index contributed by atoms with van der Waals surface area (Å²) in [7, 11) is -3.52. The number of hydrogen-bond acceptors (Lipinski definition) is 3. The fourth-order valence-electron chi connectivity index (χ4n) is 2.99. The van der Waals surface area contributed by atoms with Crippen LogP contribution in [0.4, 0.5) is 0 Å². The first-order valence-corrected chi connectivity index (χ1v) is 9.09. The van der Waals surface area contributed by atoms with Crippen molar-refractivity contribution in [3.63, 3.8) is 0 Å². The summed E-state index contributed by atoms with van der Waals surface area (Å²) in [6, 6.07) is 6.53. The lowest BCUT2D eigenvalue weighted by molar-refractivity contribution is 0.0988. The second-order valence-electron chi connectivity index (χ2n) is 5.45. The van der Waals surface area contributed by atoms with Crippen LogP contribution in [0.25, 0.3) is 0 Å². The fraction of sp³-hybridized carbons (Fsp3) is 0.562. The molecule has 0 aromatic heterocycles. The van der Waals surface area contributed by atoms with Crippen molar-refractivity contribution in [2.75, 3.05) is 6.54 Å². The second-order valence-corrected chi connectivity index (χ2v) is 7.34. The number of ketones is 1. The maximum atomic E-state index is 12.8. The van der Waals surface area contributed by atoms with E-state index in [2.05, 4.69) is 0 Å². The number of Topliss-reactive ketones (excluding diaryl/α,β-unsaturated/α-hetero) is 1. The summed E-state index contributed by atoms with van der Waals surface area (Å²) in [5, 5.41) is 0. The standard InChI is InChI=1S/C16H23NO3S/c1-3-16(18)13-8-7-11-15(12-13)21(19,20)17(4-2)14-9-5-6-10-14/h7-8,11-12,14H,3-6,9-10H2,1-2H3. The van der Waals surface area contributed by atoms with E-state index in [0.717, 1.165) is 25.7 Å². The molecule has 0 unspecified atom stereocenters. The zero-order valence-corrected chi connectivity index (χ0v) is 13.5. The van der Waals surface area contributed by atoms with E-state index in [1.54, 1.807) is 29.4 Å². The summed E-state index contributed by atoms with van der Waals surface area (Å²) in [6.07, 6.45) is 4.42. The second kappa shape index (κ2) is 6.71. The van der Waals surface area contributed by atoms with Gasteiger partial charge in [-0.15, -0.1) is 0 Å². The van der Waals surface area contributed by atoms with Crippen molar-refractivity contribution in [3.05, 3.63) is 29.8 Å². The highest BCUT2D eigenvalue weighted by molar-refractivity contribution is 7.89. The Morgan fingerprint density at radius 1 is 1.24 bits per heavy atom. The molecule has 116 valence electrons. The lowest BCUT2D eigenvalue weighted by Gasteiger charge is -2.26. The third-order valence-electron chi connectivity index (χ3n) is 4.13. The van der Waals surface area contributed by atoms with E-state index in [0.29, 0.717) is 18.5 Å². The van der Waals surface area contributed by atoms with Crippen molar-refractivity contribution in [3.8, 4) is 0 Å². The quantitative estimate of drug-likeness (QED) is 0.758. The van der Waals surface area contributed by atoms with E-state index in [4.69, 9.17) is 0 Å². The summed E-state index contributed by atoms with van der Waals surface area (Å²) in [6.45, 7) is 4.12. The Labute approximate surface area is 127 Å². The third-order valence-corrected chi connectivity index (χ3v) is 6.15. The van der Waals surface area contributed by atoms with Gasteiger partial charge in [-0.05, 0) is 25.0 Å². The van der Waals surface area contributed by atoms with Gasteiger partial charge in [0, 0.05) is 24.6 Å². The molecule has 0 aliphatic heterocycles. The van der Waals surface area contributed by atoms with Gasteiger partial charge < -0.3 is 0 Å². The van der Waals surface area contributed by atoms with Gasteiger partial charge in [0.2, 0.25) is 10.0 Å². The van der Waals surface area contributed by atoms with Crippen molar-refractivity contribution < 1.29 is 13.2 Å². The van der Waals surface area contributed by atoms with Crippen LogP contribution in [0.5, 0.6) is 0 Å². The number of rotatable bonds is 6. The molecule has 0 radical (unpaired) electrons. The molecule has 0 saturated heterocycles. The predicted molar refractivity (Wildman–Crippen MR) is 82.9 cm³/mol. The van der Waals surface area contributed by atoms with Gasteiger partial charge in [0.25, 0.3) is 0 Å². The molecule has 0 heterocycles. The normalized spacial score (nSPS) is 16.5. The first kappa shape index (κ1) is 16.2. The minimum atomic E-state index is -3.52. The Bertz CT molecular complexity index is 604. The van der Waals surface area contributed by atoms with Gasteiger partial charge in [0.05, 0.1) is 4.90 Å². The van der Waals surface area contributed by atoms with Gasteiger partial charge >= 0.3 is 0 Å². The van der Waals surface area contributed by atoms with Crippen molar-refractivity contribution in [1.29, 1.82) is 0 Å². The molecule has 21 heavy (non-hydrogen) atoms. The van der Waals surface area contributed by atoms with Crippen molar-refractivity contribution >= 4 is 15.8 Å². The van der Waals surface area contributed by atoms with Crippen molar-refractivity contribution in [2.24, 2.45) is 0 Å². The minimum absolute atomic E-state index is 0.0315. The number of hydrogen-bond donors (Lipinski definition) is 0. The summed E-state index contributed by atoms with van der Waals surface area (Å²) >= 11 is 0. The molecule has 0 amide bonds. The predicted octanol–water partition coefficient (Wildman–Crippen LogP) is 3.23. The van der Waals surface area contributed by atoms with Crippen LogP contribution in [0.15, 0.2) is 29.2 Å². The zero-order valence-electron chi connectivity index (χ0n) is 12.7. The zero-order chi connectivity index (χ0) is 15.5. The van der Waals surface area contributed by atoms with Crippen LogP contribution in [0.1, 0.15) is 56.3 Å². The molecule has 1 aromatic rings. The SMILES string of the molecule is CCC(=O)c1cccc(S(=O)(=O)N(CC)C2CCCC2)c1. The highest BCUT2D eigenvalue weighted by Crippen LogP contribution is 2.28. The van der Waals surface area contributed by atoms with Crippen molar-refractivity contribution in [2.45, 2.75) is 56.9 Å². The summed E-state index contributed by atoms with van der Waals surface area (Å²) in [4.78, 5) is 12.0. The lowest BCUT2D eigenvalue weighted by atomic mass is 10.1. The van der Waals surface area contributed by atoms with E-state index < -0.39 is 10.0 Å². The Hall–Kier alpha value is -1.20. The van der Waals surface area contributed by atoms with Crippen molar-refractivity contribution in [1.82, 2.24) is 4.31 Å². The van der Waals surface area contributed by atoms with Gasteiger partial charge in [-0.3, -0.25) is 4.79 Å². The Balaban J connectivity index is 2.35. The molecular weight excluding hydrogens is 286 g/mol. The van der Waals surface area contributed by atoms with Gasteiger partial charge in [-0.2, -0.15) is 4.31 Å². The van der Waals surface area contributed by atoms with E-state index in [-0.39, 0.29) is 16.7 Å². The third kappa shape index (κ3) is 3.35. The van der Waals surface area contributed by atoms with E-state index in [9.17, 15) is 13.2 Å². The molecule has 1 aliphatic rings. The number of carbonyl (C=O) groups is 1. The van der Waals surface area contributed by atoms with Crippen LogP contribution < -0.4 is 0 Å². The molecule has 5 heteroatoms. The number of sulfonamides is 1. The molecule has 1 aromatic carbocycles. The van der Waals surface area contributed by atoms with Crippen LogP contribution in [0.2, 0.25) is 0 Å². The Morgan fingerprint density at radius 3 is 2.48 bits per heavy atom. The van der Waals surface area contributed by atoms with E-state index in [1.165, 1.54) is 6.07 Å². The Kier molecular flexibility index (Phi) is 5.17. The average molecular weight is 309 g/mol. The van der Waals surface area contributed by atoms with Gasteiger partial charge in [0.15, 0.2) is 5.78 Å². The largest absolute Gasteiger partial charge is 0.294 e. The Morgan fingerprint density at radius 2 is 1.90 bits per heavy atom. The van der Waals surface area contributed by atoms with Crippen LogP contribution in [-0.4, -0.2) is 31.1 Å². The molecule has 0 bridgehead atoms. The van der Waals surface area contributed by atoms with Gasteiger partial charge in [0.1, 0.15) is 0 Å². The number of benzene rings is 1. The molecule has 0 atom stereocenters.